The predicted molar refractivity (Wildman–Crippen MR) is 53.4 cm³/mol. The van der Waals surface area contributed by atoms with Crippen molar-refractivity contribution >= 4 is 11.3 Å². The molecule has 0 aliphatic carbocycles. The molecule has 0 unspecified atom stereocenters. The summed E-state index contributed by atoms with van der Waals surface area (Å²) in [7, 11) is 0. The lowest BCUT2D eigenvalue weighted by molar-refractivity contribution is 0.112. The molecule has 0 amide bonds. The van der Waals surface area contributed by atoms with Crippen LogP contribution in [-0.4, -0.2) is 6.61 Å². The second-order valence-corrected chi connectivity index (χ2v) is 4.35. The molecule has 1 heterocycles. The molecule has 1 nitrogen and oxygen atoms in total. The molecule has 0 aliphatic rings. The first-order valence-corrected chi connectivity index (χ1v) is 5.27. The minimum Gasteiger partial charge on any atom is -0.376 e. The fourth-order valence-electron chi connectivity index (χ4n) is 0.887. The lowest BCUT2D eigenvalue weighted by Gasteiger charge is -2.04. The van der Waals surface area contributed by atoms with Gasteiger partial charge in [0.15, 0.2) is 0 Å². The Balaban J connectivity index is 2.04. The van der Waals surface area contributed by atoms with Crippen molar-refractivity contribution in [3.8, 4) is 0 Å². The van der Waals surface area contributed by atoms with E-state index in [4.69, 9.17) is 4.74 Å². The summed E-state index contributed by atoms with van der Waals surface area (Å²) in [5.74, 6) is 0.744. The van der Waals surface area contributed by atoms with E-state index in [-0.39, 0.29) is 0 Å². The van der Waals surface area contributed by atoms with Crippen LogP contribution in [0.3, 0.4) is 0 Å². The van der Waals surface area contributed by atoms with Crippen molar-refractivity contribution in [3.05, 3.63) is 22.4 Å². The van der Waals surface area contributed by atoms with E-state index in [1.165, 1.54) is 4.88 Å². The van der Waals surface area contributed by atoms with Gasteiger partial charge in [-0.3, -0.25) is 0 Å². The Morgan fingerprint density at radius 2 is 2.33 bits per heavy atom. The summed E-state index contributed by atoms with van der Waals surface area (Å²) in [5, 5.41) is 2.08. The Bertz CT molecular complexity index is 192. The van der Waals surface area contributed by atoms with Crippen LogP contribution >= 0.6 is 11.3 Å². The Kier molecular flexibility index (Phi) is 4.33. The van der Waals surface area contributed by atoms with Crippen LogP contribution in [0, 0.1) is 5.92 Å². The molecule has 0 bridgehead atoms. The van der Waals surface area contributed by atoms with E-state index in [0.29, 0.717) is 0 Å². The van der Waals surface area contributed by atoms with Crippen LogP contribution in [0.15, 0.2) is 17.5 Å². The summed E-state index contributed by atoms with van der Waals surface area (Å²) >= 11 is 1.76. The van der Waals surface area contributed by atoms with Gasteiger partial charge in [0.1, 0.15) is 0 Å². The van der Waals surface area contributed by atoms with Gasteiger partial charge in [0, 0.05) is 11.5 Å². The molecule has 12 heavy (non-hydrogen) atoms. The van der Waals surface area contributed by atoms with Crippen molar-refractivity contribution in [2.75, 3.05) is 6.61 Å². The lowest BCUT2D eigenvalue weighted by atomic mass is 10.1. The summed E-state index contributed by atoms with van der Waals surface area (Å²) in [6.45, 7) is 6.10. The number of hydrogen-bond donors (Lipinski definition) is 0. The third-order valence-corrected chi connectivity index (χ3v) is 2.51. The third-order valence-electron chi connectivity index (χ3n) is 1.66. The number of hydrogen-bond acceptors (Lipinski definition) is 2. The highest BCUT2D eigenvalue weighted by Crippen LogP contribution is 2.10. The topological polar surface area (TPSA) is 9.23 Å². The maximum absolute atomic E-state index is 5.50. The highest BCUT2D eigenvalue weighted by molar-refractivity contribution is 7.09. The molecule has 0 radical (unpaired) electrons. The molecule has 0 fully saturated rings. The van der Waals surface area contributed by atoms with Crippen molar-refractivity contribution in [2.24, 2.45) is 5.92 Å². The van der Waals surface area contributed by atoms with Gasteiger partial charge in [0.05, 0.1) is 6.61 Å². The van der Waals surface area contributed by atoms with Crippen molar-refractivity contribution in [2.45, 2.75) is 26.9 Å². The monoisotopic (exact) mass is 184 g/mol. The summed E-state index contributed by atoms with van der Waals surface area (Å²) < 4.78 is 5.50. The van der Waals surface area contributed by atoms with Gasteiger partial charge in [-0.05, 0) is 23.8 Å². The third kappa shape index (κ3) is 3.88. The van der Waals surface area contributed by atoms with Crippen molar-refractivity contribution in [3.63, 3.8) is 0 Å². The van der Waals surface area contributed by atoms with Gasteiger partial charge in [-0.1, -0.05) is 19.9 Å². The highest BCUT2D eigenvalue weighted by atomic mass is 32.1. The molecule has 1 aromatic rings. The van der Waals surface area contributed by atoms with Crippen LogP contribution in [-0.2, 0) is 11.3 Å². The van der Waals surface area contributed by atoms with Gasteiger partial charge in [-0.25, -0.2) is 0 Å². The van der Waals surface area contributed by atoms with Crippen LogP contribution in [0.25, 0.3) is 0 Å². The SMILES string of the molecule is CC(C)CCOCc1cccs1. The zero-order chi connectivity index (χ0) is 8.81. The summed E-state index contributed by atoms with van der Waals surface area (Å²) in [4.78, 5) is 1.32. The molecule has 68 valence electrons. The Hall–Kier alpha value is -0.340. The van der Waals surface area contributed by atoms with Gasteiger partial charge < -0.3 is 4.74 Å². The van der Waals surface area contributed by atoms with Gasteiger partial charge in [-0.15, -0.1) is 11.3 Å². The van der Waals surface area contributed by atoms with E-state index in [9.17, 15) is 0 Å². The quantitative estimate of drug-likeness (QED) is 0.638. The van der Waals surface area contributed by atoms with E-state index in [1.807, 2.05) is 0 Å². The van der Waals surface area contributed by atoms with E-state index in [0.717, 1.165) is 25.6 Å². The fourth-order valence-corrected chi connectivity index (χ4v) is 1.53. The molecule has 0 spiro atoms. The standard InChI is InChI=1S/C10H16OS/c1-9(2)5-6-11-8-10-4-3-7-12-10/h3-4,7,9H,5-6,8H2,1-2H3. The zero-order valence-corrected chi connectivity index (χ0v) is 8.56. The van der Waals surface area contributed by atoms with Crippen molar-refractivity contribution in [1.29, 1.82) is 0 Å². The minimum absolute atomic E-state index is 0.744. The smallest absolute Gasteiger partial charge is 0.0809 e. The van der Waals surface area contributed by atoms with Crippen molar-refractivity contribution < 1.29 is 4.74 Å². The Morgan fingerprint density at radius 1 is 1.50 bits per heavy atom. The fraction of sp³-hybridized carbons (Fsp3) is 0.600. The first-order valence-electron chi connectivity index (χ1n) is 4.39. The molecule has 0 N–H and O–H groups in total. The number of rotatable bonds is 5. The number of thiophene rings is 1. The van der Waals surface area contributed by atoms with Gasteiger partial charge >= 0.3 is 0 Å². The largest absolute Gasteiger partial charge is 0.376 e. The van der Waals surface area contributed by atoms with Crippen LogP contribution in [0.1, 0.15) is 25.1 Å². The van der Waals surface area contributed by atoms with E-state index in [1.54, 1.807) is 11.3 Å². The molecule has 0 saturated carbocycles. The molecular weight excluding hydrogens is 168 g/mol. The van der Waals surface area contributed by atoms with E-state index < -0.39 is 0 Å². The van der Waals surface area contributed by atoms with Crippen molar-refractivity contribution in [1.82, 2.24) is 0 Å². The van der Waals surface area contributed by atoms with E-state index in [2.05, 4.69) is 31.4 Å². The molecule has 0 atom stereocenters. The zero-order valence-electron chi connectivity index (χ0n) is 7.75. The Morgan fingerprint density at radius 3 is 2.92 bits per heavy atom. The van der Waals surface area contributed by atoms with Gasteiger partial charge in [0.2, 0.25) is 0 Å². The van der Waals surface area contributed by atoms with Crippen LogP contribution in [0.4, 0.5) is 0 Å². The van der Waals surface area contributed by atoms with Gasteiger partial charge in [0.25, 0.3) is 0 Å². The molecule has 0 saturated heterocycles. The molecule has 0 aromatic carbocycles. The normalized spacial score (nSPS) is 10.9. The second-order valence-electron chi connectivity index (χ2n) is 3.31. The molecular formula is C10H16OS. The summed E-state index contributed by atoms with van der Waals surface area (Å²) in [6.07, 6.45) is 1.16. The lowest BCUT2D eigenvalue weighted by Crippen LogP contribution is -1.97. The molecule has 0 aliphatic heterocycles. The first kappa shape index (κ1) is 9.75. The molecule has 1 aromatic heterocycles. The van der Waals surface area contributed by atoms with Crippen LogP contribution < -0.4 is 0 Å². The summed E-state index contributed by atoms with van der Waals surface area (Å²) in [6, 6.07) is 4.17. The van der Waals surface area contributed by atoms with Gasteiger partial charge in [-0.2, -0.15) is 0 Å². The Labute approximate surface area is 78.4 Å². The average molecular weight is 184 g/mol. The predicted octanol–water partition coefficient (Wildman–Crippen LogP) is 3.31. The summed E-state index contributed by atoms with van der Waals surface area (Å²) in [5.41, 5.74) is 0. The minimum atomic E-state index is 0.744. The van der Waals surface area contributed by atoms with E-state index >= 15 is 0 Å². The first-order chi connectivity index (χ1) is 5.79. The molecule has 1 rings (SSSR count). The molecule has 2 heteroatoms. The number of ether oxygens (including phenoxy) is 1. The maximum atomic E-state index is 5.50. The maximum Gasteiger partial charge on any atom is 0.0809 e. The van der Waals surface area contributed by atoms with Crippen LogP contribution in [0.5, 0.6) is 0 Å². The average Bonchev–Trinajstić information content (AvgIpc) is 2.49. The van der Waals surface area contributed by atoms with Crippen LogP contribution in [0.2, 0.25) is 0 Å². The second kappa shape index (κ2) is 5.33. The highest BCUT2D eigenvalue weighted by Gasteiger charge is 1.95.